The highest BCUT2D eigenvalue weighted by Crippen LogP contribution is 2.21. The third-order valence-electron chi connectivity index (χ3n) is 2.07. The maximum atomic E-state index is 3.30. The molecular formula is C13H21N. The second-order valence-electron chi connectivity index (χ2n) is 4.96. The minimum Gasteiger partial charge on any atom is -0.385 e. The molecule has 0 aliphatic rings. The molecule has 14 heavy (non-hydrogen) atoms. The van der Waals surface area contributed by atoms with E-state index in [4.69, 9.17) is 0 Å². The molecule has 0 heterocycles. The molecule has 0 saturated carbocycles. The van der Waals surface area contributed by atoms with Crippen LogP contribution in [0.25, 0.3) is 0 Å². The first-order valence-electron chi connectivity index (χ1n) is 5.34. The summed E-state index contributed by atoms with van der Waals surface area (Å²) in [5.74, 6) is 0. The van der Waals surface area contributed by atoms with Crippen LogP contribution < -0.4 is 5.32 Å². The Balaban J connectivity index is 2.64. The van der Waals surface area contributed by atoms with Crippen LogP contribution in [0.2, 0.25) is 0 Å². The van der Waals surface area contributed by atoms with Gasteiger partial charge in [0.05, 0.1) is 0 Å². The van der Waals surface area contributed by atoms with Crippen LogP contribution in [0.5, 0.6) is 0 Å². The van der Waals surface area contributed by atoms with Crippen molar-refractivity contribution in [3.63, 3.8) is 0 Å². The largest absolute Gasteiger partial charge is 0.385 e. The summed E-state index contributed by atoms with van der Waals surface area (Å²) in [5, 5.41) is 3.30. The third kappa shape index (κ3) is 3.82. The minimum absolute atomic E-state index is 0.375. The Bertz CT molecular complexity index is 266. The summed E-state index contributed by atoms with van der Waals surface area (Å²) < 4.78 is 0. The van der Waals surface area contributed by atoms with Gasteiger partial charge in [0.1, 0.15) is 0 Å². The van der Waals surface area contributed by atoms with Crippen LogP contribution in [0.4, 0.5) is 5.69 Å². The fourth-order valence-corrected chi connectivity index (χ4v) is 1.56. The molecule has 0 bridgehead atoms. The molecule has 0 radical (unpaired) electrons. The molecular weight excluding hydrogens is 170 g/mol. The second-order valence-corrected chi connectivity index (χ2v) is 4.96. The van der Waals surface area contributed by atoms with Crippen LogP contribution in [-0.2, 0) is 6.42 Å². The van der Waals surface area contributed by atoms with Gasteiger partial charge in [-0.2, -0.15) is 0 Å². The molecule has 0 saturated heterocycles. The molecule has 1 rings (SSSR count). The van der Waals surface area contributed by atoms with Gasteiger partial charge in [-0.1, -0.05) is 32.9 Å². The highest BCUT2D eigenvalue weighted by Gasteiger charge is 2.10. The zero-order valence-corrected chi connectivity index (χ0v) is 9.72. The molecule has 0 atom stereocenters. The zero-order chi connectivity index (χ0) is 10.6. The lowest BCUT2D eigenvalue weighted by molar-refractivity contribution is 0.411. The van der Waals surface area contributed by atoms with E-state index < -0.39 is 0 Å². The second kappa shape index (κ2) is 4.50. The topological polar surface area (TPSA) is 12.0 Å². The molecule has 1 heteroatoms. The van der Waals surface area contributed by atoms with Gasteiger partial charge in [0, 0.05) is 12.2 Å². The van der Waals surface area contributed by atoms with Crippen molar-refractivity contribution in [2.45, 2.75) is 34.1 Å². The maximum absolute atomic E-state index is 3.30. The third-order valence-corrected chi connectivity index (χ3v) is 2.07. The summed E-state index contributed by atoms with van der Waals surface area (Å²) in [6.45, 7) is 9.91. The van der Waals surface area contributed by atoms with E-state index in [0.29, 0.717) is 5.41 Å². The van der Waals surface area contributed by atoms with E-state index in [0.717, 1.165) is 13.0 Å². The van der Waals surface area contributed by atoms with Crippen molar-refractivity contribution in [1.82, 2.24) is 0 Å². The van der Waals surface area contributed by atoms with E-state index >= 15 is 0 Å². The van der Waals surface area contributed by atoms with E-state index in [1.807, 2.05) is 0 Å². The Morgan fingerprint density at radius 1 is 1.07 bits per heavy atom. The van der Waals surface area contributed by atoms with Crippen molar-refractivity contribution in [2.75, 3.05) is 11.9 Å². The van der Waals surface area contributed by atoms with E-state index in [-0.39, 0.29) is 0 Å². The van der Waals surface area contributed by atoms with E-state index in [2.05, 4.69) is 57.3 Å². The lowest BCUT2D eigenvalue weighted by Crippen LogP contribution is -2.09. The van der Waals surface area contributed by atoms with E-state index in [1.54, 1.807) is 0 Å². The van der Waals surface area contributed by atoms with Gasteiger partial charge >= 0.3 is 0 Å². The Hall–Kier alpha value is -0.980. The average molecular weight is 191 g/mol. The van der Waals surface area contributed by atoms with Gasteiger partial charge < -0.3 is 5.32 Å². The molecule has 0 unspecified atom stereocenters. The number of nitrogens with one attached hydrogen (secondary N) is 1. The molecule has 1 aromatic rings. The van der Waals surface area contributed by atoms with Crippen LogP contribution >= 0.6 is 0 Å². The number of hydrogen-bond donors (Lipinski definition) is 1. The monoisotopic (exact) mass is 191 g/mol. The lowest BCUT2D eigenvalue weighted by atomic mass is 9.88. The number of anilines is 1. The maximum Gasteiger partial charge on any atom is 0.0340 e. The smallest absolute Gasteiger partial charge is 0.0340 e. The van der Waals surface area contributed by atoms with Gasteiger partial charge in [0.25, 0.3) is 0 Å². The molecule has 78 valence electrons. The predicted octanol–water partition coefficient (Wildman–Crippen LogP) is 3.71. The molecule has 0 spiro atoms. The van der Waals surface area contributed by atoms with Crippen LogP contribution in [0, 0.1) is 5.41 Å². The van der Waals surface area contributed by atoms with Crippen molar-refractivity contribution in [3.05, 3.63) is 29.8 Å². The summed E-state index contributed by atoms with van der Waals surface area (Å²) in [6, 6.07) is 8.74. The molecule has 0 amide bonds. The van der Waals surface area contributed by atoms with Gasteiger partial charge in [-0.3, -0.25) is 0 Å². The van der Waals surface area contributed by atoms with Gasteiger partial charge in [-0.25, -0.2) is 0 Å². The lowest BCUT2D eigenvalue weighted by Gasteiger charge is -2.18. The molecule has 0 aromatic heterocycles. The quantitative estimate of drug-likeness (QED) is 0.768. The number of hydrogen-bond acceptors (Lipinski definition) is 1. The van der Waals surface area contributed by atoms with Crippen molar-refractivity contribution in [1.29, 1.82) is 0 Å². The van der Waals surface area contributed by atoms with Crippen molar-refractivity contribution in [2.24, 2.45) is 5.41 Å². The predicted molar refractivity (Wildman–Crippen MR) is 63.8 cm³/mol. The summed E-state index contributed by atoms with van der Waals surface area (Å²) in [4.78, 5) is 0. The first-order valence-corrected chi connectivity index (χ1v) is 5.34. The van der Waals surface area contributed by atoms with Gasteiger partial charge in [-0.05, 0) is 36.5 Å². The number of benzene rings is 1. The summed E-state index contributed by atoms with van der Waals surface area (Å²) in [6.07, 6.45) is 1.14. The van der Waals surface area contributed by atoms with Crippen molar-refractivity contribution < 1.29 is 0 Å². The summed E-state index contributed by atoms with van der Waals surface area (Å²) in [5.41, 5.74) is 3.00. The molecule has 0 aliphatic carbocycles. The van der Waals surface area contributed by atoms with Crippen molar-refractivity contribution in [3.8, 4) is 0 Å². The standard InChI is InChI=1S/C13H21N/c1-5-14-12-8-6-11(7-9-12)10-13(2,3)4/h6-9,14H,5,10H2,1-4H3. The van der Waals surface area contributed by atoms with Crippen LogP contribution in [0.3, 0.4) is 0 Å². The fourth-order valence-electron chi connectivity index (χ4n) is 1.56. The fraction of sp³-hybridized carbons (Fsp3) is 0.538. The summed E-state index contributed by atoms with van der Waals surface area (Å²) in [7, 11) is 0. The first kappa shape index (κ1) is 11.1. The SMILES string of the molecule is CCNc1ccc(CC(C)(C)C)cc1. The normalized spacial score (nSPS) is 11.4. The molecule has 1 aromatic carbocycles. The Labute approximate surface area is 87.5 Å². The first-order chi connectivity index (χ1) is 6.51. The minimum atomic E-state index is 0.375. The van der Waals surface area contributed by atoms with E-state index in [9.17, 15) is 0 Å². The average Bonchev–Trinajstić information content (AvgIpc) is 2.06. The molecule has 1 N–H and O–H groups in total. The highest BCUT2D eigenvalue weighted by molar-refractivity contribution is 5.44. The Morgan fingerprint density at radius 2 is 1.64 bits per heavy atom. The van der Waals surface area contributed by atoms with Gasteiger partial charge in [0.2, 0.25) is 0 Å². The van der Waals surface area contributed by atoms with Crippen LogP contribution in [-0.4, -0.2) is 6.54 Å². The van der Waals surface area contributed by atoms with Gasteiger partial charge in [0.15, 0.2) is 0 Å². The summed E-state index contributed by atoms with van der Waals surface area (Å²) >= 11 is 0. The van der Waals surface area contributed by atoms with Crippen LogP contribution in [0.15, 0.2) is 24.3 Å². The Kier molecular flexibility index (Phi) is 3.56. The highest BCUT2D eigenvalue weighted by atomic mass is 14.8. The van der Waals surface area contributed by atoms with Crippen molar-refractivity contribution >= 4 is 5.69 Å². The zero-order valence-electron chi connectivity index (χ0n) is 9.72. The van der Waals surface area contributed by atoms with E-state index in [1.165, 1.54) is 11.3 Å². The van der Waals surface area contributed by atoms with Gasteiger partial charge in [-0.15, -0.1) is 0 Å². The molecule has 1 nitrogen and oxygen atoms in total. The number of rotatable bonds is 3. The molecule has 0 aliphatic heterocycles. The molecule has 0 fully saturated rings. The Morgan fingerprint density at radius 3 is 2.07 bits per heavy atom. The van der Waals surface area contributed by atoms with Crippen LogP contribution in [0.1, 0.15) is 33.3 Å².